The van der Waals surface area contributed by atoms with Crippen molar-refractivity contribution in [1.82, 2.24) is 5.32 Å². The van der Waals surface area contributed by atoms with Crippen LogP contribution in [0.25, 0.3) is 0 Å². The number of ketones is 1. The highest BCUT2D eigenvalue weighted by molar-refractivity contribution is 6.83. The van der Waals surface area contributed by atoms with Gasteiger partial charge in [0.2, 0.25) is 5.17 Å². The van der Waals surface area contributed by atoms with Gasteiger partial charge >= 0.3 is 6.09 Å². The number of Topliss-reactive ketones (excluding diaryl/α,β-unsaturated/α-hetero) is 1. The summed E-state index contributed by atoms with van der Waals surface area (Å²) < 4.78 is 5.17. The zero-order valence-corrected chi connectivity index (χ0v) is 13.4. The lowest BCUT2D eigenvalue weighted by Crippen LogP contribution is -2.36. The number of carbonyl (C=O) groups excluding carboxylic acids is 2. The minimum absolute atomic E-state index is 0.189. The zero-order valence-electron chi connectivity index (χ0n) is 12.7. The summed E-state index contributed by atoms with van der Waals surface area (Å²) in [6.07, 6.45) is 2.59. The van der Waals surface area contributed by atoms with E-state index in [2.05, 4.69) is 10.5 Å². The average Bonchev–Trinajstić information content (AvgIpc) is 2.42. The fourth-order valence-electron chi connectivity index (χ4n) is 2.39. The first-order valence-corrected chi connectivity index (χ1v) is 7.49. The molecule has 0 heterocycles. The van der Waals surface area contributed by atoms with Gasteiger partial charge in [-0.05, 0) is 52.4 Å². The summed E-state index contributed by atoms with van der Waals surface area (Å²) in [4.78, 5) is 23.3. The van der Waals surface area contributed by atoms with Gasteiger partial charge in [0.1, 0.15) is 5.60 Å². The molecule has 0 unspecified atom stereocenters. The van der Waals surface area contributed by atoms with E-state index in [9.17, 15) is 9.59 Å². The molecule has 0 aromatic heterocycles. The van der Waals surface area contributed by atoms with Crippen LogP contribution >= 0.6 is 11.6 Å². The third-order valence-corrected chi connectivity index (χ3v) is 3.70. The van der Waals surface area contributed by atoms with E-state index in [0.717, 1.165) is 12.8 Å². The molecule has 0 bridgehead atoms. The lowest BCUT2D eigenvalue weighted by Gasteiger charge is -2.27. The van der Waals surface area contributed by atoms with Gasteiger partial charge in [-0.3, -0.25) is 4.79 Å². The molecule has 0 atom stereocenters. The van der Waals surface area contributed by atoms with E-state index in [0.29, 0.717) is 25.3 Å². The lowest BCUT2D eigenvalue weighted by molar-refractivity contribution is -0.117. The number of alkyl carbamates (subject to hydrolysis) is 1. The second-order valence-electron chi connectivity index (χ2n) is 6.36. The van der Waals surface area contributed by atoms with Crippen LogP contribution in [0.15, 0.2) is 5.16 Å². The van der Waals surface area contributed by atoms with Gasteiger partial charge in [0, 0.05) is 12.5 Å². The van der Waals surface area contributed by atoms with Crippen LogP contribution in [-0.2, 0) is 9.53 Å². The predicted molar refractivity (Wildman–Crippen MR) is 79.8 cm³/mol. The number of rotatable bonds is 4. The van der Waals surface area contributed by atoms with Crippen molar-refractivity contribution in [3.63, 3.8) is 0 Å². The monoisotopic (exact) mass is 318 g/mol. The highest BCUT2D eigenvalue weighted by atomic mass is 35.5. The largest absolute Gasteiger partial charge is 0.444 e. The molecule has 1 aliphatic rings. The molecule has 120 valence electrons. The topological polar surface area (TPSA) is 88.0 Å². The fourth-order valence-corrected chi connectivity index (χ4v) is 2.54. The minimum Gasteiger partial charge on any atom is -0.444 e. The van der Waals surface area contributed by atoms with Crippen LogP contribution in [0.2, 0.25) is 0 Å². The van der Waals surface area contributed by atoms with E-state index in [1.54, 1.807) is 0 Å². The Morgan fingerprint density at radius 3 is 2.33 bits per heavy atom. The summed E-state index contributed by atoms with van der Waals surface area (Å²) in [5.41, 5.74) is -0.505. The Hall–Kier alpha value is -1.30. The Morgan fingerprint density at radius 1 is 1.29 bits per heavy atom. The molecule has 6 nitrogen and oxygen atoms in total. The number of hydrogen-bond acceptors (Lipinski definition) is 5. The van der Waals surface area contributed by atoms with Crippen molar-refractivity contribution in [3.05, 3.63) is 0 Å². The summed E-state index contributed by atoms with van der Waals surface area (Å²) in [6.45, 7) is 5.99. The van der Waals surface area contributed by atoms with Crippen molar-refractivity contribution in [2.75, 3.05) is 6.54 Å². The normalized spacial score (nSPS) is 23.5. The Balaban J connectivity index is 2.31. The number of nitrogens with zero attached hydrogens (tertiary/aromatic N) is 1. The smallest absolute Gasteiger partial charge is 0.407 e. The Bertz CT molecular complexity index is 410. The maximum absolute atomic E-state index is 11.7. The Kier molecular flexibility index (Phi) is 6.45. The van der Waals surface area contributed by atoms with E-state index >= 15 is 0 Å². The fraction of sp³-hybridized carbons (Fsp3) is 0.786. The minimum atomic E-state index is -0.505. The third kappa shape index (κ3) is 6.33. The lowest BCUT2D eigenvalue weighted by atomic mass is 9.80. The second kappa shape index (κ2) is 7.64. The summed E-state index contributed by atoms with van der Waals surface area (Å²) >= 11 is 5.53. The van der Waals surface area contributed by atoms with Crippen LogP contribution < -0.4 is 5.32 Å². The summed E-state index contributed by atoms with van der Waals surface area (Å²) in [5, 5.41) is 13.6. The second-order valence-corrected chi connectivity index (χ2v) is 6.71. The predicted octanol–water partition coefficient (Wildman–Crippen LogP) is 2.91. The zero-order chi connectivity index (χ0) is 16.0. The first-order chi connectivity index (χ1) is 9.73. The van der Waals surface area contributed by atoms with Crippen LogP contribution in [-0.4, -0.2) is 34.4 Å². The van der Waals surface area contributed by atoms with Gasteiger partial charge in [-0.25, -0.2) is 4.79 Å². The summed E-state index contributed by atoms with van der Waals surface area (Å²) in [7, 11) is 0. The van der Waals surface area contributed by atoms with Crippen LogP contribution in [0.1, 0.15) is 46.5 Å². The van der Waals surface area contributed by atoms with Gasteiger partial charge in [-0.1, -0.05) is 16.8 Å². The quantitative estimate of drug-likeness (QED) is 0.474. The van der Waals surface area contributed by atoms with E-state index in [1.807, 2.05) is 20.8 Å². The number of amides is 1. The van der Waals surface area contributed by atoms with Gasteiger partial charge < -0.3 is 15.3 Å². The van der Waals surface area contributed by atoms with Crippen LogP contribution in [0.4, 0.5) is 4.79 Å². The molecule has 7 heteroatoms. The molecule has 0 radical (unpaired) electrons. The first-order valence-electron chi connectivity index (χ1n) is 7.11. The van der Waals surface area contributed by atoms with Crippen molar-refractivity contribution >= 4 is 28.6 Å². The van der Waals surface area contributed by atoms with Crippen molar-refractivity contribution < 1.29 is 19.5 Å². The molecule has 1 rings (SSSR count). The summed E-state index contributed by atoms with van der Waals surface area (Å²) in [6, 6.07) is 0. The summed E-state index contributed by atoms with van der Waals surface area (Å²) in [5.74, 6) is -0.171. The van der Waals surface area contributed by atoms with Gasteiger partial charge in [-0.15, -0.1) is 0 Å². The van der Waals surface area contributed by atoms with Crippen LogP contribution in [0.3, 0.4) is 0 Å². The number of oxime groups is 1. The van der Waals surface area contributed by atoms with E-state index in [4.69, 9.17) is 21.5 Å². The number of ether oxygens (including phenoxy) is 1. The molecular weight excluding hydrogens is 296 g/mol. The molecule has 2 N–H and O–H groups in total. The molecule has 0 aliphatic heterocycles. The van der Waals surface area contributed by atoms with E-state index in [-0.39, 0.29) is 16.9 Å². The van der Waals surface area contributed by atoms with Crippen molar-refractivity contribution in [2.24, 2.45) is 17.0 Å². The molecule has 0 aromatic rings. The number of hydrogen-bond donors (Lipinski definition) is 2. The molecule has 0 spiro atoms. The maximum Gasteiger partial charge on any atom is 0.407 e. The molecular formula is C14H23ClN2O4. The molecule has 0 aromatic carbocycles. The first kappa shape index (κ1) is 17.8. The molecule has 1 amide bonds. The van der Waals surface area contributed by atoms with Crippen LogP contribution in [0.5, 0.6) is 0 Å². The van der Waals surface area contributed by atoms with E-state index < -0.39 is 11.7 Å². The van der Waals surface area contributed by atoms with Gasteiger partial charge in [0.15, 0.2) is 5.78 Å². The maximum atomic E-state index is 11.7. The highest BCUT2D eigenvalue weighted by Crippen LogP contribution is 2.29. The van der Waals surface area contributed by atoms with Gasteiger partial charge in [-0.2, -0.15) is 0 Å². The van der Waals surface area contributed by atoms with Crippen molar-refractivity contribution in [1.29, 1.82) is 0 Å². The average molecular weight is 319 g/mol. The molecule has 21 heavy (non-hydrogen) atoms. The number of carbonyl (C=O) groups is 2. The standard InChI is InChI=1S/C14H23ClN2O4/c1-14(2,3)21-13(19)16-8-9-4-6-10(7-5-9)11(18)12(15)17-20/h9-10,20H,4-8H2,1-3H3,(H,16,19)/b17-12-. The number of nitrogens with one attached hydrogen (secondary N) is 1. The van der Waals surface area contributed by atoms with Crippen molar-refractivity contribution in [3.8, 4) is 0 Å². The van der Waals surface area contributed by atoms with Crippen molar-refractivity contribution in [2.45, 2.75) is 52.1 Å². The Labute approximate surface area is 129 Å². The molecule has 1 fully saturated rings. The molecule has 1 aliphatic carbocycles. The van der Waals surface area contributed by atoms with E-state index in [1.165, 1.54) is 0 Å². The van der Waals surface area contributed by atoms with Crippen LogP contribution in [0, 0.1) is 11.8 Å². The highest BCUT2D eigenvalue weighted by Gasteiger charge is 2.29. The third-order valence-electron chi connectivity index (χ3n) is 3.44. The molecule has 0 saturated heterocycles. The Morgan fingerprint density at radius 2 is 1.86 bits per heavy atom. The van der Waals surface area contributed by atoms with Gasteiger partial charge in [0.05, 0.1) is 0 Å². The van der Waals surface area contributed by atoms with Gasteiger partial charge in [0.25, 0.3) is 0 Å². The SMILES string of the molecule is CC(C)(C)OC(=O)NCC1CCC(C(=O)/C(Cl)=N/O)CC1. The number of halogens is 1. The molecule has 1 saturated carbocycles.